The molecule has 1 fully saturated rings. The monoisotopic (exact) mass is 463 g/mol. The molecule has 0 aliphatic carbocycles. The maximum absolute atomic E-state index is 12.3. The van der Waals surface area contributed by atoms with Crippen molar-refractivity contribution in [3.63, 3.8) is 0 Å². The molecule has 0 amide bonds. The van der Waals surface area contributed by atoms with Crippen LogP contribution >= 0.6 is 23.6 Å². The average Bonchev–Trinajstić information content (AvgIpc) is 3.13. The zero-order chi connectivity index (χ0) is 22.5. The van der Waals surface area contributed by atoms with Gasteiger partial charge in [-0.1, -0.05) is 6.07 Å². The first-order chi connectivity index (χ1) is 14.9. The number of thiophene rings is 1. The lowest BCUT2D eigenvalue weighted by atomic mass is 10.1. The fraction of sp³-hybridized carbons (Fsp3) is 0.381. The Hall–Kier alpha value is -2.85. The van der Waals surface area contributed by atoms with E-state index in [0.29, 0.717) is 39.2 Å². The smallest absolute Gasteiger partial charge is 0.348 e. The number of rotatable bonds is 5. The SMILES string of the molecule is COC(=O)c1sc(NC(=S)N2CCN(c3cccc(OC)c3)CC2)c(C(=O)OC)c1C. The second-order valence-corrected chi connectivity index (χ2v) is 8.26. The second kappa shape index (κ2) is 9.97. The van der Waals surface area contributed by atoms with Gasteiger partial charge in [0.05, 0.1) is 26.9 Å². The van der Waals surface area contributed by atoms with Gasteiger partial charge in [-0.05, 0) is 36.8 Å². The van der Waals surface area contributed by atoms with Crippen LogP contribution in [0.25, 0.3) is 0 Å². The fourth-order valence-electron chi connectivity index (χ4n) is 3.39. The molecule has 166 valence electrons. The number of hydrogen-bond donors (Lipinski definition) is 1. The van der Waals surface area contributed by atoms with Crippen LogP contribution in [0.2, 0.25) is 0 Å². The molecule has 0 bridgehead atoms. The summed E-state index contributed by atoms with van der Waals surface area (Å²) in [6.45, 7) is 4.69. The zero-order valence-electron chi connectivity index (χ0n) is 17.9. The Balaban J connectivity index is 1.71. The Morgan fingerprint density at radius 1 is 1.06 bits per heavy atom. The molecular formula is C21H25N3O5S2. The van der Waals surface area contributed by atoms with E-state index in [0.717, 1.165) is 35.9 Å². The molecule has 8 nitrogen and oxygen atoms in total. The molecular weight excluding hydrogens is 438 g/mol. The summed E-state index contributed by atoms with van der Waals surface area (Å²) in [6, 6.07) is 7.96. The summed E-state index contributed by atoms with van der Waals surface area (Å²) >= 11 is 6.73. The normalized spacial score (nSPS) is 13.5. The lowest BCUT2D eigenvalue weighted by Gasteiger charge is -2.37. The summed E-state index contributed by atoms with van der Waals surface area (Å²) in [6.07, 6.45) is 0. The molecule has 0 saturated carbocycles. The first-order valence-electron chi connectivity index (χ1n) is 9.64. The maximum Gasteiger partial charge on any atom is 0.348 e. The average molecular weight is 464 g/mol. The molecule has 0 atom stereocenters. The molecule has 1 aromatic heterocycles. The molecule has 2 heterocycles. The number of carbonyl (C=O) groups excluding carboxylic acids is 2. The van der Waals surface area contributed by atoms with E-state index in [1.165, 1.54) is 14.2 Å². The van der Waals surface area contributed by atoms with Gasteiger partial charge in [0.1, 0.15) is 15.6 Å². The van der Waals surface area contributed by atoms with Gasteiger partial charge in [-0.25, -0.2) is 9.59 Å². The van der Waals surface area contributed by atoms with Crippen molar-refractivity contribution in [1.82, 2.24) is 4.90 Å². The van der Waals surface area contributed by atoms with E-state index in [2.05, 4.69) is 16.3 Å². The Kier molecular flexibility index (Phi) is 7.34. The van der Waals surface area contributed by atoms with E-state index in [9.17, 15) is 9.59 Å². The highest BCUT2D eigenvalue weighted by molar-refractivity contribution is 7.80. The number of thiocarbonyl (C=S) groups is 1. The predicted octanol–water partition coefficient (Wildman–Crippen LogP) is 3.16. The first kappa shape index (κ1) is 22.8. The number of esters is 2. The van der Waals surface area contributed by atoms with Crippen LogP contribution in [0.4, 0.5) is 10.7 Å². The highest BCUT2D eigenvalue weighted by atomic mass is 32.1. The van der Waals surface area contributed by atoms with Gasteiger partial charge in [0.25, 0.3) is 0 Å². The molecule has 1 saturated heterocycles. The largest absolute Gasteiger partial charge is 0.497 e. The van der Waals surface area contributed by atoms with Crippen molar-refractivity contribution < 1.29 is 23.8 Å². The minimum absolute atomic E-state index is 0.297. The maximum atomic E-state index is 12.3. The lowest BCUT2D eigenvalue weighted by molar-refractivity contribution is 0.0601. The van der Waals surface area contributed by atoms with E-state index in [-0.39, 0.29) is 0 Å². The molecule has 10 heteroatoms. The van der Waals surface area contributed by atoms with E-state index in [4.69, 9.17) is 26.4 Å². The van der Waals surface area contributed by atoms with Crippen molar-refractivity contribution in [3.05, 3.63) is 40.3 Å². The van der Waals surface area contributed by atoms with E-state index >= 15 is 0 Å². The van der Waals surface area contributed by atoms with Crippen molar-refractivity contribution in [2.24, 2.45) is 0 Å². The van der Waals surface area contributed by atoms with Crippen molar-refractivity contribution in [2.45, 2.75) is 6.92 Å². The standard InChI is InChI=1S/C21H25N3O5S2/c1-13-16(19(25)28-3)18(31-17(13)20(26)29-4)22-21(30)24-10-8-23(9-11-24)14-6-5-7-15(12-14)27-2/h5-7,12H,8-11H2,1-4H3,(H,22,30). The van der Waals surface area contributed by atoms with Crippen LogP contribution in [0.1, 0.15) is 25.6 Å². The van der Waals surface area contributed by atoms with Gasteiger partial charge in [0.2, 0.25) is 0 Å². The molecule has 1 N–H and O–H groups in total. The number of anilines is 2. The minimum Gasteiger partial charge on any atom is -0.497 e. The van der Waals surface area contributed by atoms with Gasteiger partial charge in [0.15, 0.2) is 5.11 Å². The van der Waals surface area contributed by atoms with Crippen molar-refractivity contribution in [3.8, 4) is 5.75 Å². The third kappa shape index (κ3) is 4.91. The fourth-order valence-corrected chi connectivity index (χ4v) is 4.85. The number of benzene rings is 1. The first-order valence-corrected chi connectivity index (χ1v) is 10.9. The Bertz CT molecular complexity index is 983. The molecule has 1 aromatic carbocycles. The van der Waals surface area contributed by atoms with Gasteiger partial charge >= 0.3 is 11.9 Å². The van der Waals surface area contributed by atoms with E-state index < -0.39 is 11.9 Å². The Morgan fingerprint density at radius 2 is 1.74 bits per heavy atom. The Morgan fingerprint density at radius 3 is 2.35 bits per heavy atom. The predicted molar refractivity (Wildman–Crippen MR) is 125 cm³/mol. The molecule has 0 spiro atoms. The number of hydrogen-bond acceptors (Lipinski definition) is 8. The molecule has 31 heavy (non-hydrogen) atoms. The summed E-state index contributed by atoms with van der Waals surface area (Å²) in [5, 5.41) is 4.11. The van der Waals surface area contributed by atoms with E-state index in [1.807, 2.05) is 23.1 Å². The third-order valence-electron chi connectivity index (χ3n) is 5.11. The quantitative estimate of drug-likeness (QED) is 0.531. The van der Waals surface area contributed by atoms with Crippen LogP contribution in [0.5, 0.6) is 5.75 Å². The third-order valence-corrected chi connectivity index (χ3v) is 6.66. The summed E-state index contributed by atoms with van der Waals surface area (Å²) in [5.74, 6) is -0.211. The van der Waals surface area contributed by atoms with Gasteiger partial charge in [0, 0.05) is 37.9 Å². The summed E-state index contributed by atoms with van der Waals surface area (Å²) in [7, 11) is 4.26. The van der Waals surface area contributed by atoms with Crippen LogP contribution in [0.15, 0.2) is 24.3 Å². The molecule has 1 aliphatic heterocycles. The molecule has 0 unspecified atom stereocenters. The summed E-state index contributed by atoms with van der Waals surface area (Å²) < 4.78 is 15.0. The van der Waals surface area contributed by atoms with Crippen LogP contribution in [-0.4, -0.2) is 69.5 Å². The van der Waals surface area contributed by atoms with Crippen LogP contribution in [0.3, 0.4) is 0 Å². The van der Waals surface area contributed by atoms with Gasteiger partial charge in [-0.2, -0.15) is 0 Å². The van der Waals surface area contributed by atoms with Crippen LogP contribution < -0.4 is 15.0 Å². The highest BCUT2D eigenvalue weighted by Crippen LogP contribution is 2.34. The van der Waals surface area contributed by atoms with Gasteiger partial charge < -0.3 is 29.3 Å². The molecule has 0 radical (unpaired) electrons. The van der Waals surface area contributed by atoms with Gasteiger partial charge in [-0.15, -0.1) is 11.3 Å². The number of nitrogens with zero attached hydrogens (tertiary/aromatic N) is 2. The second-order valence-electron chi connectivity index (χ2n) is 6.85. The Labute approximate surface area is 190 Å². The van der Waals surface area contributed by atoms with Crippen LogP contribution in [0, 0.1) is 6.92 Å². The number of carbonyl (C=O) groups is 2. The number of piperazine rings is 1. The molecule has 3 rings (SSSR count). The summed E-state index contributed by atoms with van der Waals surface area (Å²) in [5.41, 5.74) is 1.91. The number of ether oxygens (including phenoxy) is 3. The molecule has 1 aliphatic rings. The van der Waals surface area contributed by atoms with Crippen molar-refractivity contribution >= 4 is 51.3 Å². The van der Waals surface area contributed by atoms with Crippen molar-refractivity contribution in [2.75, 3.05) is 57.7 Å². The van der Waals surface area contributed by atoms with E-state index in [1.54, 1.807) is 14.0 Å². The number of nitrogens with one attached hydrogen (secondary N) is 1. The zero-order valence-corrected chi connectivity index (χ0v) is 19.5. The van der Waals surface area contributed by atoms with Crippen molar-refractivity contribution in [1.29, 1.82) is 0 Å². The van der Waals surface area contributed by atoms with Crippen LogP contribution in [-0.2, 0) is 9.47 Å². The molecule has 2 aromatic rings. The number of methoxy groups -OCH3 is 3. The lowest BCUT2D eigenvalue weighted by Crippen LogP contribution is -2.50. The van der Waals surface area contributed by atoms with Gasteiger partial charge in [-0.3, -0.25) is 0 Å². The minimum atomic E-state index is -0.531. The topological polar surface area (TPSA) is 80.3 Å². The summed E-state index contributed by atoms with van der Waals surface area (Å²) in [4.78, 5) is 29.0. The highest BCUT2D eigenvalue weighted by Gasteiger charge is 2.27.